The number of rotatable bonds is 2. The summed E-state index contributed by atoms with van der Waals surface area (Å²) in [5, 5.41) is 16.0. The molecule has 1 unspecified atom stereocenters. The molecule has 0 saturated carbocycles. The van der Waals surface area contributed by atoms with Crippen molar-refractivity contribution < 1.29 is 62.9 Å². The monoisotopic (exact) mass is 380 g/mol. The van der Waals surface area contributed by atoms with Crippen molar-refractivity contribution in [2.45, 2.75) is 50.6 Å². The number of hydrogen-bond donors (Lipinski definition) is 2. The van der Waals surface area contributed by atoms with Gasteiger partial charge in [-0.2, -0.15) is 43.9 Å². The van der Waals surface area contributed by atoms with Gasteiger partial charge in [-0.25, -0.2) is 8.78 Å². The van der Waals surface area contributed by atoms with Gasteiger partial charge in [-0.15, -0.1) is 0 Å². The van der Waals surface area contributed by atoms with E-state index in [1.54, 1.807) is 0 Å². The van der Waals surface area contributed by atoms with Crippen LogP contribution in [0.2, 0.25) is 0 Å². The van der Waals surface area contributed by atoms with Crippen LogP contribution in [0.15, 0.2) is 0 Å². The maximum Gasteiger partial charge on any atom is 0.459 e. The summed E-state index contributed by atoms with van der Waals surface area (Å²) in [6.45, 7) is 1.20. The summed E-state index contributed by atoms with van der Waals surface area (Å²) in [5.41, 5.74) is 0. The highest BCUT2D eigenvalue weighted by atomic mass is 19.4. The van der Waals surface area contributed by atoms with Crippen molar-refractivity contribution in [3.8, 4) is 0 Å². The average Bonchev–Trinajstić information content (AvgIpc) is 2.26. The molecule has 0 bridgehead atoms. The molecular formula is C9H12F12O2. The largest absolute Gasteiger partial charge is 0.459 e. The summed E-state index contributed by atoms with van der Waals surface area (Å²) < 4.78 is 131. The van der Waals surface area contributed by atoms with Crippen LogP contribution in [-0.2, 0) is 0 Å². The Kier molecular flexibility index (Phi) is 11.0. The Hall–Kier alpha value is -0.920. The van der Waals surface area contributed by atoms with E-state index in [1.807, 2.05) is 0 Å². The van der Waals surface area contributed by atoms with Crippen LogP contribution in [0.1, 0.15) is 13.8 Å². The zero-order valence-corrected chi connectivity index (χ0v) is 11.3. The predicted molar refractivity (Wildman–Crippen MR) is 52.4 cm³/mol. The van der Waals surface area contributed by atoms with Crippen LogP contribution in [-0.4, -0.2) is 53.5 Å². The minimum Gasteiger partial charge on any atom is -0.394 e. The van der Waals surface area contributed by atoms with Crippen LogP contribution in [0.5, 0.6) is 0 Å². The molecule has 0 rings (SSSR count). The Labute approximate surface area is 121 Å². The zero-order chi connectivity index (χ0) is 19.9. The third kappa shape index (κ3) is 12.2. The molecule has 0 amide bonds. The van der Waals surface area contributed by atoms with E-state index in [4.69, 9.17) is 10.2 Å². The molecule has 2 nitrogen and oxygen atoms in total. The lowest BCUT2D eigenvalue weighted by atomic mass is 10.3. The molecule has 0 spiro atoms. The molecule has 1 atom stereocenters. The Morgan fingerprint density at radius 3 is 1.00 bits per heavy atom. The highest BCUT2D eigenvalue weighted by Crippen LogP contribution is 2.39. The second-order valence-corrected chi connectivity index (χ2v) is 3.84. The highest BCUT2D eigenvalue weighted by molar-refractivity contribution is 4.77. The van der Waals surface area contributed by atoms with E-state index in [2.05, 4.69) is 0 Å². The topological polar surface area (TPSA) is 40.5 Å². The minimum atomic E-state index is -6.17. The molecule has 0 fully saturated rings. The van der Waals surface area contributed by atoms with Crippen LogP contribution in [0.25, 0.3) is 0 Å². The zero-order valence-electron chi connectivity index (χ0n) is 11.3. The van der Waals surface area contributed by atoms with Gasteiger partial charge in [0.25, 0.3) is 0 Å². The van der Waals surface area contributed by atoms with E-state index in [1.165, 1.54) is 6.92 Å². The van der Waals surface area contributed by atoms with Gasteiger partial charge in [-0.05, 0) is 6.92 Å². The lowest BCUT2D eigenvalue weighted by Gasteiger charge is -2.17. The first kappa shape index (κ1) is 27.0. The number of aliphatic hydroxyl groups is 2. The number of hydrogen-bond acceptors (Lipinski definition) is 2. The Morgan fingerprint density at radius 1 is 0.783 bits per heavy atom. The van der Waals surface area contributed by atoms with Crippen LogP contribution >= 0.6 is 0 Å². The van der Waals surface area contributed by atoms with Gasteiger partial charge in [0, 0.05) is 6.92 Å². The molecule has 144 valence electrons. The molecule has 14 heteroatoms. The summed E-state index contributed by atoms with van der Waals surface area (Å²) in [5.74, 6) is -10.5. The molecule has 0 radical (unpaired) electrons. The van der Waals surface area contributed by atoms with Crippen molar-refractivity contribution in [2.75, 3.05) is 6.61 Å². The van der Waals surface area contributed by atoms with Crippen molar-refractivity contribution in [1.82, 2.24) is 0 Å². The molecule has 2 N–H and O–H groups in total. The standard InChI is InChI=1S/C3HF7.C3H3F5.C3H8O2/c4-1(5)2(6,7)3(8,9)10;1-2(4,5)3(6,7)8;1-3(5)2-4/h1H;1H3;3-5H,2H2,1H3. The molecule has 0 aromatic heterocycles. The summed E-state index contributed by atoms with van der Waals surface area (Å²) in [4.78, 5) is 0. The normalized spacial score (nSPS) is 14.5. The smallest absolute Gasteiger partial charge is 0.394 e. The molecule has 0 aromatic carbocycles. The van der Waals surface area contributed by atoms with Gasteiger partial charge in [-0.3, -0.25) is 0 Å². The molecule has 0 saturated heterocycles. The summed E-state index contributed by atoms with van der Waals surface area (Å²) in [6.07, 6.45) is -16.8. The van der Waals surface area contributed by atoms with Gasteiger partial charge in [0.05, 0.1) is 12.7 Å². The summed E-state index contributed by atoms with van der Waals surface area (Å²) >= 11 is 0. The van der Waals surface area contributed by atoms with Gasteiger partial charge in [-0.1, -0.05) is 0 Å². The summed E-state index contributed by atoms with van der Waals surface area (Å²) in [7, 11) is 0. The number of alkyl halides is 12. The Morgan fingerprint density at radius 2 is 1.00 bits per heavy atom. The summed E-state index contributed by atoms with van der Waals surface area (Å²) in [6, 6.07) is 0. The second kappa shape index (κ2) is 9.39. The maximum atomic E-state index is 11.2. The van der Waals surface area contributed by atoms with E-state index in [0.29, 0.717) is 0 Å². The van der Waals surface area contributed by atoms with Gasteiger partial charge in [0.15, 0.2) is 0 Å². The second-order valence-electron chi connectivity index (χ2n) is 3.84. The fourth-order valence-corrected chi connectivity index (χ4v) is 0.124. The quantitative estimate of drug-likeness (QED) is 0.711. The van der Waals surface area contributed by atoms with Crippen LogP contribution in [0, 0.1) is 0 Å². The van der Waals surface area contributed by atoms with Crippen molar-refractivity contribution in [3.63, 3.8) is 0 Å². The van der Waals surface area contributed by atoms with Crippen LogP contribution < -0.4 is 0 Å². The van der Waals surface area contributed by atoms with Gasteiger partial charge in [0.1, 0.15) is 0 Å². The van der Waals surface area contributed by atoms with Gasteiger partial charge >= 0.3 is 30.6 Å². The fourth-order valence-electron chi connectivity index (χ4n) is 0.124. The third-order valence-electron chi connectivity index (χ3n) is 1.41. The van der Waals surface area contributed by atoms with E-state index >= 15 is 0 Å². The molecule has 0 aliphatic heterocycles. The Balaban J connectivity index is -0.000000276. The van der Waals surface area contributed by atoms with Crippen LogP contribution in [0.3, 0.4) is 0 Å². The highest BCUT2D eigenvalue weighted by Gasteiger charge is 2.64. The van der Waals surface area contributed by atoms with Crippen LogP contribution in [0.4, 0.5) is 52.7 Å². The molecule has 0 aliphatic rings. The van der Waals surface area contributed by atoms with E-state index < -0.39 is 36.7 Å². The van der Waals surface area contributed by atoms with Gasteiger partial charge in [0.2, 0.25) is 0 Å². The fraction of sp³-hybridized carbons (Fsp3) is 1.00. The predicted octanol–water partition coefficient (Wildman–Crippen LogP) is 4.01. The van der Waals surface area contributed by atoms with Gasteiger partial charge < -0.3 is 10.2 Å². The molecule has 23 heavy (non-hydrogen) atoms. The first-order valence-corrected chi connectivity index (χ1v) is 5.17. The Bertz CT molecular complexity index is 289. The van der Waals surface area contributed by atoms with Crippen molar-refractivity contribution in [2.24, 2.45) is 0 Å². The van der Waals surface area contributed by atoms with E-state index in [-0.39, 0.29) is 13.5 Å². The molecule has 0 aliphatic carbocycles. The molecule has 0 heterocycles. The number of aliphatic hydroxyl groups excluding tert-OH is 2. The van der Waals surface area contributed by atoms with E-state index in [9.17, 15) is 52.7 Å². The molecule has 0 aromatic rings. The van der Waals surface area contributed by atoms with E-state index in [0.717, 1.165) is 0 Å². The number of halogens is 12. The SMILES string of the molecule is CC(F)(F)C(F)(F)F.CC(O)CO.FC(F)C(F)(F)C(F)(F)F. The van der Waals surface area contributed by atoms with Crippen molar-refractivity contribution in [1.29, 1.82) is 0 Å². The molecular weight excluding hydrogens is 368 g/mol. The minimum absolute atomic E-state index is 0.139. The maximum absolute atomic E-state index is 11.2. The lowest BCUT2D eigenvalue weighted by Crippen LogP contribution is -2.42. The third-order valence-corrected chi connectivity index (χ3v) is 1.41. The lowest BCUT2D eigenvalue weighted by molar-refractivity contribution is -0.320. The first-order valence-electron chi connectivity index (χ1n) is 5.17. The van der Waals surface area contributed by atoms with Crippen molar-refractivity contribution in [3.05, 3.63) is 0 Å². The first-order chi connectivity index (χ1) is 9.71. The van der Waals surface area contributed by atoms with Crippen molar-refractivity contribution >= 4 is 0 Å². The average molecular weight is 380 g/mol.